The van der Waals surface area contributed by atoms with Gasteiger partial charge in [0.15, 0.2) is 0 Å². The number of halogens is 4. The summed E-state index contributed by atoms with van der Waals surface area (Å²) in [7, 11) is 0. The summed E-state index contributed by atoms with van der Waals surface area (Å²) in [5, 5.41) is 23.0. The summed E-state index contributed by atoms with van der Waals surface area (Å²) in [5.74, 6) is 0. The molecule has 0 unspecified atom stereocenters. The second-order valence-corrected chi connectivity index (χ2v) is 6.21. The van der Waals surface area contributed by atoms with E-state index >= 15 is 0 Å². The number of hydrogen-bond acceptors (Lipinski definition) is 4. The molecule has 0 bridgehead atoms. The molecule has 1 fully saturated rings. The van der Waals surface area contributed by atoms with Crippen molar-refractivity contribution in [1.82, 2.24) is 0 Å². The van der Waals surface area contributed by atoms with Gasteiger partial charge >= 0.3 is 6.18 Å². The number of alkyl halides is 3. The van der Waals surface area contributed by atoms with Crippen molar-refractivity contribution in [1.29, 1.82) is 0 Å². The Bertz CT molecular complexity index is 582. The molecule has 1 aliphatic carbocycles. The first-order valence-electron chi connectivity index (χ1n) is 6.04. The molecule has 0 spiro atoms. The van der Waals surface area contributed by atoms with Crippen LogP contribution < -0.4 is 5.32 Å². The predicted octanol–water partition coefficient (Wildman–Crippen LogP) is 3.70. The van der Waals surface area contributed by atoms with E-state index < -0.39 is 28.0 Å². The number of anilines is 1. The minimum atomic E-state index is -4.72. The monoisotopic (exact) mass is 368 g/mol. The number of rotatable bonds is 3. The first-order valence-corrected chi connectivity index (χ1v) is 6.83. The summed E-state index contributed by atoms with van der Waals surface area (Å²) in [4.78, 5) is 9.81. The standard InChI is InChI=1S/C12H12BrF3N2O3/c1-11(19)4-6(5-11)17-10-8(12(14,15)16)2-7(18(20)21)3-9(10)13/h2-3,6,17,19H,4-5H2,1H3. The van der Waals surface area contributed by atoms with Gasteiger partial charge in [0.1, 0.15) is 0 Å². The molecule has 1 saturated carbocycles. The summed E-state index contributed by atoms with van der Waals surface area (Å²) < 4.78 is 39.2. The molecular weight excluding hydrogens is 357 g/mol. The van der Waals surface area contributed by atoms with Crippen LogP contribution in [0.15, 0.2) is 16.6 Å². The van der Waals surface area contributed by atoms with E-state index in [4.69, 9.17) is 0 Å². The van der Waals surface area contributed by atoms with Gasteiger partial charge in [0.05, 0.1) is 21.8 Å². The van der Waals surface area contributed by atoms with Crippen molar-refractivity contribution in [2.24, 2.45) is 0 Å². The molecule has 5 nitrogen and oxygen atoms in total. The molecule has 0 atom stereocenters. The van der Waals surface area contributed by atoms with Crippen LogP contribution in [0.5, 0.6) is 0 Å². The molecule has 1 aliphatic rings. The Balaban J connectivity index is 2.37. The van der Waals surface area contributed by atoms with Crippen molar-refractivity contribution in [3.8, 4) is 0 Å². The third-order valence-corrected chi connectivity index (χ3v) is 3.94. The average molecular weight is 369 g/mol. The van der Waals surface area contributed by atoms with Gasteiger partial charge in [0.25, 0.3) is 5.69 Å². The molecular formula is C12H12BrF3N2O3. The Labute approximate surface area is 126 Å². The fourth-order valence-corrected chi connectivity index (χ4v) is 2.94. The molecule has 116 valence electrons. The van der Waals surface area contributed by atoms with Gasteiger partial charge in [-0.2, -0.15) is 13.2 Å². The van der Waals surface area contributed by atoms with E-state index in [2.05, 4.69) is 21.2 Å². The van der Waals surface area contributed by atoms with Crippen molar-refractivity contribution in [2.75, 3.05) is 5.32 Å². The van der Waals surface area contributed by atoms with Crippen molar-refractivity contribution in [2.45, 2.75) is 37.6 Å². The molecule has 0 saturated heterocycles. The number of nitro groups is 1. The van der Waals surface area contributed by atoms with Crippen molar-refractivity contribution < 1.29 is 23.2 Å². The number of aliphatic hydroxyl groups is 1. The van der Waals surface area contributed by atoms with Crippen LogP contribution in [0.25, 0.3) is 0 Å². The minimum Gasteiger partial charge on any atom is -0.390 e. The van der Waals surface area contributed by atoms with E-state index in [-0.39, 0.29) is 16.2 Å². The fourth-order valence-electron chi connectivity index (χ4n) is 2.38. The smallest absolute Gasteiger partial charge is 0.390 e. The normalized spacial score (nSPS) is 25.3. The van der Waals surface area contributed by atoms with E-state index in [9.17, 15) is 28.4 Å². The highest BCUT2D eigenvalue weighted by Crippen LogP contribution is 2.43. The lowest BCUT2D eigenvalue weighted by molar-refractivity contribution is -0.385. The van der Waals surface area contributed by atoms with Gasteiger partial charge in [-0.15, -0.1) is 0 Å². The Morgan fingerprint density at radius 2 is 2.05 bits per heavy atom. The number of nitrogens with one attached hydrogen (secondary N) is 1. The van der Waals surface area contributed by atoms with Crippen molar-refractivity contribution in [3.63, 3.8) is 0 Å². The van der Waals surface area contributed by atoms with Crippen LogP contribution in [0.1, 0.15) is 25.3 Å². The Morgan fingerprint density at radius 3 is 2.48 bits per heavy atom. The predicted molar refractivity (Wildman–Crippen MR) is 73.1 cm³/mol. The number of non-ortho nitro benzene ring substituents is 1. The Morgan fingerprint density at radius 1 is 1.48 bits per heavy atom. The van der Waals surface area contributed by atoms with E-state index in [0.29, 0.717) is 18.9 Å². The lowest BCUT2D eigenvalue weighted by Gasteiger charge is -2.42. The molecule has 0 aromatic heterocycles. The summed E-state index contributed by atoms with van der Waals surface area (Å²) in [6.45, 7) is 1.60. The van der Waals surface area contributed by atoms with Gasteiger partial charge < -0.3 is 10.4 Å². The highest BCUT2D eigenvalue weighted by Gasteiger charge is 2.41. The molecule has 0 radical (unpaired) electrons. The van der Waals surface area contributed by atoms with Gasteiger partial charge in [-0.1, -0.05) is 0 Å². The van der Waals surface area contributed by atoms with E-state index in [1.807, 2.05) is 0 Å². The molecule has 0 aliphatic heterocycles. The summed E-state index contributed by atoms with van der Waals surface area (Å²) in [6.07, 6.45) is -4.09. The van der Waals surface area contributed by atoms with Gasteiger partial charge in [-0.05, 0) is 35.7 Å². The first kappa shape index (κ1) is 16.0. The highest BCUT2D eigenvalue weighted by atomic mass is 79.9. The zero-order valence-electron chi connectivity index (χ0n) is 10.9. The third kappa shape index (κ3) is 3.46. The molecule has 21 heavy (non-hydrogen) atoms. The summed E-state index contributed by atoms with van der Waals surface area (Å²) in [6, 6.07) is 1.22. The molecule has 1 aromatic rings. The van der Waals surface area contributed by atoms with E-state index in [1.165, 1.54) is 0 Å². The van der Waals surface area contributed by atoms with Gasteiger partial charge in [0, 0.05) is 22.6 Å². The van der Waals surface area contributed by atoms with Gasteiger partial charge in [0.2, 0.25) is 0 Å². The quantitative estimate of drug-likeness (QED) is 0.629. The molecule has 2 rings (SSSR count). The maximum atomic E-state index is 13.1. The zero-order valence-corrected chi connectivity index (χ0v) is 12.5. The number of hydrogen-bond donors (Lipinski definition) is 2. The molecule has 1 aromatic carbocycles. The maximum absolute atomic E-state index is 13.1. The molecule has 0 heterocycles. The van der Waals surface area contributed by atoms with Crippen LogP contribution in [0.3, 0.4) is 0 Å². The average Bonchev–Trinajstić information content (AvgIpc) is 2.27. The lowest BCUT2D eigenvalue weighted by Crippen LogP contribution is -2.48. The zero-order chi connectivity index (χ0) is 16.0. The largest absolute Gasteiger partial charge is 0.418 e. The fraction of sp³-hybridized carbons (Fsp3) is 0.500. The summed E-state index contributed by atoms with van der Waals surface area (Å²) >= 11 is 2.94. The summed E-state index contributed by atoms with van der Waals surface area (Å²) in [5.41, 5.74) is -2.87. The van der Waals surface area contributed by atoms with E-state index in [0.717, 1.165) is 6.07 Å². The van der Waals surface area contributed by atoms with Crippen LogP contribution in [-0.2, 0) is 6.18 Å². The van der Waals surface area contributed by atoms with Gasteiger partial charge in [-0.3, -0.25) is 10.1 Å². The van der Waals surface area contributed by atoms with Crippen LogP contribution in [0, 0.1) is 10.1 Å². The van der Waals surface area contributed by atoms with Crippen LogP contribution in [0.4, 0.5) is 24.5 Å². The highest BCUT2D eigenvalue weighted by molar-refractivity contribution is 9.10. The Hall–Kier alpha value is -1.35. The molecule has 0 amide bonds. The second-order valence-electron chi connectivity index (χ2n) is 5.35. The van der Waals surface area contributed by atoms with Crippen molar-refractivity contribution in [3.05, 3.63) is 32.3 Å². The molecule has 2 N–H and O–H groups in total. The topological polar surface area (TPSA) is 75.4 Å². The van der Waals surface area contributed by atoms with Crippen LogP contribution >= 0.6 is 15.9 Å². The minimum absolute atomic E-state index is 0.0319. The first-order chi connectivity index (χ1) is 9.49. The van der Waals surface area contributed by atoms with Crippen LogP contribution in [0.2, 0.25) is 0 Å². The third-order valence-electron chi connectivity index (χ3n) is 3.31. The molecule has 9 heteroatoms. The SMILES string of the molecule is CC1(O)CC(Nc2c(Br)cc([N+](=O)[O-])cc2C(F)(F)F)C1. The Kier molecular flexibility index (Phi) is 3.92. The number of nitrogens with zero attached hydrogens (tertiary/aromatic N) is 1. The van der Waals surface area contributed by atoms with E-state index in [1.54, 1.807) is 6.92 Å². The number of nitro benzene ring substituents is 1. The van der Waals surface area contributed by atoms with Crippen LogP contribution in [-0.4, -0.2) is 21.7 Å². The lowest BCUT2D eigenvalue weighted by atomic mass is 9.77. The van der Waals surface area contributed by atoms with Crippen molar-refractivity contribution >= 4 is 27.3 Å². The number of benzene rings is 1. The second kappa shape index (κ2) is 5.13. The maximum Gasteiger partial charge on any atom is 0.418 e. The van der Waals surface area contributed by atoms with Gasteiger partial charge in [-0.25, -0.2) is 0 Å².